The van der Waals surface area contributed by atoms with Crippen molar-refractivity contribution >= 4 is 70.9 Å². The molecule has 0 fully saturated rings. The molecule has 0 aliphatic heterocycles. The van der Waals surface area contributed by atoms with Crippen LogP contribution in [0.15, 0.2) is 84.7 Å². The SMILES string of the molecule is C=CC(=O)OCCOCCOc1ccc(/C(S)=C/SNS/C=C(\S)c2ccc(OCCOCCOC(=O)C=C)cc2)cc1.CC. The maximum absolute atomic E-state index is 10.9. The van der Waals surface area contributed by atoms with Gasteiger partial charge in [-0.1, -0.05) is 51.3 Å². The minimum absolute atomic E-state index is 0.178. The minimum atomic E-state index is -0.469. The van der Waals surface area contributed by atoms with Crippen LogP contribution in [0.3, 0.4) is 0 Å². The minimum Gasteiger partial charge on any atom is -0.491 e. The van der Waals surface area contributed by atoms with E-state index in [1.807, 2.05) is 73.2 Å². The van der Waals surface area contributed by atoms with Crippen molar-refractivity contribution in [3.63, 3.8) is 0 Å². The molecule has 0 unspecified atom stereocenters. The van der Waals surface area contributed by atoms with E-state index in [1.165, 1.54) is 23.9 Å². The molecule has 2 aromatic carbocycles. The molecule has 0 bridgehead atoms. The molecule has 2 aromatic rings. The lowest BCUT2D eigenvalue weighted by atomic mass is 10.2. The summed E-state index contributed by atoms with van der Waals surface area (Å²) < 4.78 is 34.8. The van der Waals surface area contributed by atoms with E-state index < -0.39 is 11.9 Å². The summed E-state index contributed by atoms with van der Waals surface area (Å²) in [6.45, 7) is 13.1. The molecule has 0 amide bonds. The third-order valence-corrected chi connectivity index (χ3v) is 7.61. The van der Waals surface area contributed by atoms with Gasteiger partial charge >= 0.3 is 11.9 Å². The van der Waals surface area contributed by atoms with Gasteiger partial charge in [0.25, 0.3) is 0 Å². The highest BCUT2D eigenvalue weighted by Crippen LogP contribution is 2.26. The Morgan fingerprint density at radius 2 is 1.00 bits per heavy atom. The van der Waals surface area contributed by atoms with E-state index in [1.54, 1.807) is 0 Å². The van der Waals surface area contributed by atoms with Crippen LogP contribution < -0.4 is 13.6 Å². The highest BCUT2D eigenvalue weighted by atomic mass is 32.2. The second-order valence-electron chi connectivity index (χ2n) is 8.04. The molecule has 0 radical (unpaired) electrons. The van der Waals surface area contributed by atoms with Crippen molar-refractivity contribution in [1.29, 1.82) is 0 Å². The normalized spacial score (nSPS) is 11.1. The average molecular weight is 696 g/mol. The molecule has 0 aliphatic rings. The van der Waals surface area contributed by atoms with Gasteiger partial charge in [0.05, 0.1) is 26.4 Å². The number of esters is 2. The van der Waals surface area contributed by atoms with Crippen LogP contribution in [0.2, 0.25) is 0 Å². The maximum atomic E-state index is 10.9. The number of thiol groups is 2. The fourth-order valence-electron chi connectivity index (χ4n) is 2.93. The quantitative estimate of drug-likeness (QED) is 0.0390. The van der Waals surface area contributed by atoms with E-state index in [0.29, 0.717) is 51.1 Å². The first-order chi connectivity index (χ1) is 21.9. The second-order valence-corrected chi connectivity index (χ2v) is 10.6. The molecular weight excluding hydrogens is 655 g/mol. The highest BCUT2D eigenvalue weighted by Gasteiger charge is 2.02. The summed E-state index contributed by atoms with van der Waals surface area (Å²) in [6.07, 6.45) is 2.22. The predicted molar refractivity (Wildman–Crippen MR) is 191 cm³/mol. The first kappa shape index (κ1) is 40.2. The van der Waals surface area contributed by atoms with Gasteiger partial charge < -0.3 is 28.4 Å². The molecule has 0 atom stereocenters. The highest BCUT2D eigenvalue weighted by molar-refractivity contribution is 8.16. The van der Waals surface area contributed by atoms with Gasteiger partial charge in [-0.2, -0.15) is 0 Å². The van der Waals surface area contributed by atoms with Gasteiger partial charge in [0.15, 0.2) is 0 Å². The molecule has 0 aliphatic carbocycles. The van der Waals surface area contributed by atoms with Crippen LogP contribution in [0.5, 0.6) is 11.5 Å². The monoisotopic (exact) mass is 695 g/mol. The number of nitrogens with one attached hydrogen (secondary N) is 1. The van der Waals surface area contributed by atoms with Crippen molar-refractivity contribution in [2.45, 2.75) is 13.8 Å². The predicted octanol–water partition coefficient (Wildman–Crippen LogP) is 7.00. The van der Waals surface area contributed by atoms with E-state index in [4.69, 9.17) is 28.4 Å². The summed E-state index contributed by atoms with van der Waals surface area (Å²) in [5.74, 6) is 0.494. The van der Waals surface area contributed by atoms with Crippen LogP contribution in [0.4, 0.5) is 0 Å². The topological polar surface area (TPSA) is 102 Å². The molecule has 1 N–H and O–H groups in total. The van der Waals surface area contributed by atoms with Crippen LogP contribution in [0.1, 0.15) is 25.0 Å². The Bertz CT molecular complexity index is 1110. The van der Waals surface area contributed by atoms with Gasteiger partial charge in [-0.15, -0.1) is 25.3 Å². The van der Waals surface area contributed by atoms with Crippen LogP contribution in [0, 0.1) is 0 Å². The van der Waals surface area contributed by atoms with Gasteiger partial charge in [-0.25, -0.2) is 13.7 Å². The Balaban J connectivity index is 0.00000496. The Morgan fingerprint density at radius 3 is 1.36 bits per heavy atom. The van der Waals surface area contributed by atoms with Crippen molar-refractivity contribution in [2.75, 3.05) is 52.9 Å². The number of hydrogen-bond donors (Lipinski definition) is 3. The summed E-state index contributed by atoms with van der Waals surface area (Å²) in [4.78, 5) is 23.5. The fraction of sp³-hybridized carbons (Fsp3) is 0.312. The first-order valence-corrected chi connectivity index (χ1v) is 16.6. The van der Waals surface area contributed by atoms with Gasteiger partial charge in [0, 0.05) is 32.8 Å². The lowest BCUT2D eigenvalue weighted by Crippen LogP contribution is -2.12. The summed E-state index contributed by atoms with van der Waals surface area (Å²) in [5, 5.41) is 3.80. The molecular formula is C32H41NO8S4. The molecule has 13 heteroatoms. The Hall–Kier alpha value is -2.78. The molecule has 45 heavy (non-hydrogen) atoms. The van der Waals surface area contributed by atoms with Crippen molar-refractivity contribution in [2.24, 2.45) is 0 Å². The summed E-state index contributed by atoms with van der Waals surface area (Å²) >= 11 is 11.9. The van der Waals surface area contributed by atoms with E-state index in [2.05, 4.69) is 42.5 Å². The van der Waals surface area contributed by atoms with Crippen molar-refractivity contribution in [3.05, 3.63) is 95.8 Å². The van der Waals surface area contributed by atoms with Crippen molar-refractivity contribution < 1.29 is 38.0 Å². The zero-order valence-electron chi connectivity index (χ0n) is 25.5. The lowest BCUT2D eigenvalue weighted by Gasteiger charge is -2.08. The van der Waals surface area contributed by atoms with E-state index in [-0.39, 0.29) is 13.2 Å². The summed E-state index contributed by atoms with van der Waals surface area (Å²) in [6, 6.07) is 15.2. The Morgan fingerprint density at radius 1 is 0.644 bits per heavy atom. The third kappa shape index (κ3) is 19.4. The number of hydrogen-bond acceptors (Lipinski definition) is 13. The van der Waals surface area contributed by atoms with Gasteiger partial charge in [0.1, 0.15) is 37.9 Å². The molecule has 246 valence electrons. The number of benzene rings is 2. The molecule has 0 saturated carbocycles. The molecule has 9 nitrogen and oxygen atoms in total. The van der Waals surface area contributed by atoms with Crippen LogP contribution >= 0.6 is 49.2 Å². The van der Waals surface area contributed by atoms with Crippen LogP contribution in [-0.4, -0.2) is 64.8 Å². The van der Waals surface area contributed by atoms with Gasteiger partial charge in [0.2, 0.25) is 0 Å². The molecule has 0 heterocycles. The van der Waals surface area contributed by atoms with Crippen LogP contribution in [-0.2, 0) is 28.5 Å². The standard InChI is InChI=1S/C30H35NO8S4.C2H6/c1-3-29(32)38-19-15-34-13-17-36-25-9-5-23(6-10-25)27(40)21-42-31-43-22-28(41)24-7-11-26(12-8-24)37-18-14-35-16-20-39-30(33)4-2;1-2/h3-12,21-22,31,40-41H,1-2,13-20H2;1-2H3/b27-21-,28-22-;. The second kappa shape index (κ2) is 26.4. The zero-order valence-corrected chi connectivity index (χ0v) is 28.9. The zero-order chi connectivity index (χ0) is 33.1. The van der Waals surface area contributed by atoms with Crippen LogP contribution in [0.25, 0.3) is 9.81 Å². The third-order valence-electron chi connectivity index (χ3n) is 5.01. The summed E-state index contributed by atoms with van der Waals surface area (Å²) in [7, 11) is 0. The smallest absolute Gasteiger partial charge is 0.330 e. The summed E-state index contributed by atoms with van der Waals surface area (Å²) in [5.41, 5.74) is 1.90. The fourth-order valence-corrected chi connectivity index (χ4v) is 4.65. The number of ether oxygens (including phenoxy) is 6. The van der Waals surface area contributed by atoms with E-state index >= 15 is 0 Å². The Labute approximate surface area is 285 Å². The molecule has 2 rings (SSSR count). The van der Waals surface area contributed by atoms with Gasteiger partial charge in [-0.3, -0.25) is 0 Å². The number of rotatable bonds is 22. The molecule has 0 aromatic heterocycles. The molecule has 0 spiro atoms. The number of carbonyl (C=O) groups is 2. The van der Waals surface area contributed by atoms with Crippen molar-refractivity contribution in [1.82, 2.24) is 4.13 Å². The Kier molecular flexibility index (Phi) is 23.6. The van der Waals surface area contributed by atoms with E-state index in [0.717, 1.165) is 33.1 Å². The van der Waals surface area contributed by atoms with E-state index in [9.17, 15) is 9.59 Å². The maximum Gasteiger partial charge on any atom is 0.330 e. The lowest BCUT2D eigenvalue weighted by molar-refractivity contribution is -0.140. The number of carbonyl (C=O) groups excluding carboxylic acids is 2. The van der Waals surface area contributed by atoms with Crippen molar-refractivity contribution in [3.8, 4) is 11.5 Å². The first-order valence-electron chi connectivity index (χ1n) is 14.0. The van der Waals surface area contributed by atoms with Gasteiger partial charge in [-0.05, 0) is 59.3 Å². The molecule has 0 saturated heterocycles. The average Bonchev–Trinajstić information content (AvgIpc) is 3.08. The largest absolute Gasteiger partial charge is 0.491 e.